The number of carbonyl (C=O) groups excluding carboxylic acids is 1. The summed E-state index contributed by atoms with van der Waals surface area (Å²) in [6.07, 6.45) is 7.12. The summed E-state index contributed by atoms with van der Waals surface area (Å²) in [7, 11) is 0. The van der Waals surface area contributed by atoms with E-state index in [0.29, 0.717) is 18.2 Å². The van der Waals surface area contributed by atoms with Gasteiger partial charge in [-0.2, -0.15) is 0 Å². The average Bonchev–Trinajstić information content (AvgIpc) is 2.88. The maximum atomic E-state index is 12.4. The van der Waals surface area contributed by atoms with Crippen molar-refractivity contribution in [2.45, 2.75) is 62.9 Å². The second-order valence-electron chi connectivity index (χ2n) is 8.70. The molecule has 178 valence electrons. The molecule has 1 amide bonds. The third-order valence-electron chi connectivity index (χ3n) is 6.18. The molecule has 0 aliphatic carbocycles. The van der Waals surface area contributed by atoms with Crippen LogP contribution < -0.4 is 10.2 Å². The summed E-state index contributed by atoms with van der Waals surface area (Å²) in [6, 6.07) is 16.3. The first-order chi connectivity index (χ1) is 16.6. The minimum Gasteiger partial charge on any atom is -0.354 e. The van der Waals surface area contributed by atoms with E-state index in [4.69, 9.17) is 9.97 Å². The number of benzene rings is 1. The van der Waals surface area contributed by atoms with Crippen LogP contribution in [0, 0.1) is 0 Å². The van der Waals surface area contributed by atoms with Gasteiger partial charge in [-0.15, -0.1) is 0 Å². The number of carbonyl (C=O) groups is 1. The molecule has 1 saturated heterocycles. The van der Waals surface area contributed by atoms with E-state index in [-0.39, 0.29) is 5.91 Å². The van der Waals surface area contributed by atoms with E-state index in [9.17, 15) is 4.79 Å². The van der Waals surface area contributed by atoms with Crippen molar-refractivity contribution < 1.29 is 4.79 Å². The van der Waals surface area contributed by atoms with Gasteiger partial charge in [0.25, 0.3) is 5.91 Å². The predicted molar refractivity (Wildman–Crippen MR) is 138 cm³/mol. The average molecular weight is 476 g/mol. The molecule has 1 atom stereocenters. The van der Waals surface area contributed by atoms with Gasteiger partial charge in [0.15, 0.2) is 5.16 Å². The van der Waals surface area contributed by atoms with E-state index in [1.807, 2.05) is 42.5 Å². The normalized spacial score (nSPS) is 15.8. The minimum absolute atomic E-state index is 0.0607. The number of hydrogen-bond acceptors (Lipinski definition) is 6. The number of amides is 1. The van der Waals surface area contributed by atoms with E-state index in [1.54, 1.807) is 18.0 Å². The summed E-state index contributed by atoms with van der Waals surface area (Å²) in [5, 5.41) is 3.79. The molecule has 7 heteroatoms. The molecule has 6 nitrogen and oxygen atoms in total. The number of aryl methyl sites for hydroxylation is 1. The predicted octanol–water partition coefficient (Wildman–Crippen LogP) is 5.08. The zero-order valence-corrected chi connectivity index (χ0v) is 20.9. The minimum atomic E-state index is -0.0607. The Morgan fingerprint density at radius 3 is 2.71 bits per heavy atom. The monoisotopic (exact) mass is 475 g/mol. The molecule has 3 aromatic rings. The summed E-state index contributed by atoms with van der Waals surface area (Å²) < 4.78 is 0. The topological polar surface area (TPSA) is 71.0 Å². The van der Waals surface area contributed by atoms with Gasteiger partial charge in [0.1, 0.15) is 5.82 Å². The van der Waals surface area contributed by atoms with Gasteiger partial charge in [-0.05, 0) is 62.4 Å². The quantitative estimate of drug-likeness (QED) is 0.344. The van der Waals surface area contributed by atoms with Gasteiger partial charge in [-0.3, -0.25) is 9.78 Å². The summed E-state index contributed by atoms with van der Waals surface area (Å²) >= 11 is 1.65. The molecule has 1 aromatic carbocycles. The summed E-state index contributed by atoms with van der Waals surface area (Å²) in [4.78, 5) is 28.8. The number of pyridine rings is 1. The van der Waals surface area contributed by atoms with E-state index < -0.39 is 0 Å². The largest absolute Gasteiger partial charge is 0.354 e. The number of hydrogen-bond donors (Lipinski definition) is 1. The van der Waals surface area contributed by atoms with Crippen molar-refractivity contribution in [3.63, 3.8) is 0 Å². The SMILES string of the molecule is CCc1cc(N2CCCCC2C)nc(SCc2ccc(C(=O)NCCc3ccccn3)cc2)n1. The van der Waals surface area contributed by atoms with Gasteiger partial charge < -0.3 is 10.2 Å². The molecule has 1 unspecified atom stereocenters. The van der Waals surface area contributed by atoms with Crippen molar-refractivity contribution in [1.29, 1.82) is 0 Å². The fourth-order valence-corrected chi connectivity index (χ4v) is 4.97. The Morgan fingerprint density at radius 1 is 1.12 bits per heavy atom. The number of nitrogens with one attached hydrogen (secondary N) is 1. The molecule has 1 aliphatic heterocycles. The maximum Gasteiger partial charge on any atom is 0.251 e. The molecule has 0 spiro atoms. The van der Waals surface area contributed by atoms with Crippen LogP contribution in [0.1, 0.15) is 60.4 Å². The molecule has 1 aliphatic rings. The van der Waals surface area contributed by atoms with Crippen molar-refractivity contribution in [3.05, 3.63) is 77.2 Å². The van der Waals surface area contributed by atoms with Gasteiger partial charge in [-0.1, -0.05) is 36.9 Å². The Morgan fingerprint density at radius 2 is 1.97 bits per heavy atom. The van der Waals surface area contributed by atoms with Gasteiger partial charge in [0.05, 0.1) is 0 Å². The van der Waals surface area contributed by atoms with Crippen molar-refractivity contribution in [2.24, 2.45) is 0 Å². The molecule has 1 fully saturated rings. The Hall–Kier alpha value is -2.93. The van der Waals surface area contributed by atoms with E-state index in [1.165, 1.54) is 19.3 Å². The Balaban J connectivity index is 1.33. The highest BCUT2D eigenvalue weighted by molar-refractivity contribution is 7.98. The lowest BCUT2D eigenvalue weighted by Crippen LogP contribution is -2.38. The van der Waals surface area contributed by atoms with Crippen LogP contribution >= 0.6 is 11.8 Å². The van der Waals surface area contributed by atoms with Crippen LogP contribution in [0.15, 0.2) is 59.9 Å². The number of piperidine rings is 1. The Bertz CT molecular complexity index is 1070. The summed E-state index contributed by atoms with van der Waals surface area (Å²) in [5.74, 6) is 1.76. The first kappa shape index (κ1) is 24.2. The zero-order chi connectivity index (χ0) is 23.8. The van der Waals surface area contributed by atoms with Crippen molar-refractivity contribution >= 4 is 23.5 Å². The van der Waals surface area contributed by atoms with Crippen LogP contribution in [0.2, 0.25) is 0 Å². The molecular formula is C27H33N5OS. The molecule has 1 N–H and O–H groups in total. The number of rotatable bonds is 9. The fourth-order valence-electron chi connectivity index (χ4n) is 4.14. The van der Waals surface area contributed by atoms with E-state index >= 15 is 0 Å². The number of anilines is 1. The molecule has 34 heavy (non-hydrogen) atoms. The van der Waals surface area contributed by atoms with Crippen molar-refractivity contribution in [2.75, 3.05) is 18.0 Å². The molecule has 0 radical (unpaired) electrons. The van der Waals surface area contributed by atoms with Crippen LogP contribution in [0.4, 0.5) is 5.82 Å². The van der Waals surface area contributed by atoms with Gasteiger partial charge >= 0.3 is 0 Å². The molecule has 0 saturated carbocycles. The second kappa shape index (κ2) is 12.0. The number of thioether (sulfide) groups is 1. The molecular weight excluding hydrogens is 442 g/mol. The maximum absolute atomic E-state index is 12.4. The second-order valence-corrected chi connectivity index (χ2v) is 9.65. The number of aromatic nitrogens is 3. The molecule has 2 aromatic heterocycles. The summed E-state index contributed by atoms with van der Waals surface area (Å²) in [6.45, 7) is 6.06. The smallest absolute Gasteiger partial charge is 0.251 e. The molecule has 4 rings (SSSR count). The van der Waals surface area contributed by atoms with Gasteiger partial charge in [-0.25, -0.2) is 9.97 Å². The van der Waals surface area contributed by atoms with Gasteiger partial charge in [0.2, 0.25) is 0 Å². The van der Waals surface area contributed by atoms with Gasteiger partial charge in [0, 0.05) is 60.5 Å². The van der Waals surface area contributed by atoms with Crippen LogP contribution in [0.5, 0.6) is 0 Å². The highest BCUT2D eigenvalue weighted by atomic mass is 32.2. The molecule has 3 heterocycles. The highest BCUT2D eigenvalue weighted by Gasteiger charge is 2.21. The zero-order valence-electron chi connectivity index (χ0n) is 20.0. The third kappa shape index (κ3) is 6.56. The third-order valence-corrected chi connectivity index (χ3v) is 7.10. The van der Waals surface area contributed by atoms with Crippen LogP contribution in [0.3, 0.4) is 0 Å². The van der Waals surface area contributed by atoms with Crippen molar-refractivity contribution in [1.82, 2.24) is 20.3 Å². The van der Waals surface area contributed by atoms with Crippen LogP contribution in [-0.4, -0.2) is 40.0 Å². The fraction of sp³-hybridized carbons (Fsp3) is 0.407. The summed E-state index contributed by atoms with van der Waals surface area (Å²) in [5.41, 5.74) is 3.87. The Labute approximate surface area is 206 Å². The van der Waals surface area contributed by atoms with Crippen LogP contribution in [0.25, 0.3) is 0 Å². The first-order valence-corrected chi connectivity index (χ1v) is 13.2. The Kier molecular flexibility index (Phi) is 8.52. The standard InChI is InChI=1S/C27H33N5OS/c1-3-23-18-25(32-17-7-5-8-20(32)2)31-27(30-23)34-19-21-10-12-22(13-11-21)26(33)29-16-14-24-9-4-6-15-28-24/h4,6,9-13,15,18,20H,3,5,7-8,14,16-17,19H2,1-2H3,(H,29,33). The van der Waals surface area contributed by atoms with E-state index in [0.717, 1.165) is 53.1 Å². The highest BCUT2D eigenvalue weighted by Crippen LogP contribution is 2.27. The van der Waals surface area contributed by atoms with Crippen LogP contribution in [-0.2, 0) is 18.6 Å². The lowest BCUT2D eigenvalue weighted by Gasteiger charge is -2.34. The lowest BCUT2D eigenvalue weighted by atomic mass is 10.0. The lowest BCUT2D eigenvalue weighted by molar-refractivity contribution is 0.0954. The molecule has 0 bridgehead atoms. The number of nitrogens with zero attached hydrogens (tertiary/aromatic N) is 4. The first-order valence-electron chi connectivity index (χ1n) is 12.2. The van der Waals surface area contributed by atoms with Crippen molar-refractivity contribution in [3.8, 4) is 0 Å². The van der Waals surface area contributed by atoms with E-state index in [2.05, 4.69) is 35.1 Å².